The zero-order chi connectivity index (χ0) is 17.9. The van der Waals surface area contributed by atoms with Crippen molar-refractivity contribution >= 4 is 28.1 Å². The normalized spacial score (nSPS) is 12.8. The van der Waals surface area contributed by atoms with Crippen molar-refractivity contribution in [2.75, 3.05) is 25.4 Å². The van der Waals surface area contributed by atoms with Crippen LogP contribution >= 0.6 is 11.3 Å². The molecule has 2 aromatic rings. The van der Waals surface area contributed by atoms with Gasteiger partial charge in [-0.05, 0) is 19.4 Å². The van der Waals surface area contributed by atoms with Crippen LogP contribution in [0.25, 0.3) is 0 Å². The SMILES string of the molecule is CCNC(=NCCS(=O)Cc1ccccc1)NCCc1ncc(C)s1. The van der Waals surface area contributed by atoms with Crippen LogP contribution in [0.15, 0.2) is 41.5 Å². The molecule has 1 aromatic carbocycles. The first kappa shape index (κ1) is 19.6. The van der Waals surface area contributed by atoms with E-state index in [-0.39, 0.29) is 0 Å². The summed E-state index contributed by atoms with van der Waals surface area (Å²) in [5.74, 6) is 1.92. The Morgan fingerprint density at radius 1 is 1.28 bits per heavy atom. The number of nitrogens with zero attached hydrogens (tertiary/aromatic N) is 2. The number of rotatable bonds is 9. The lowest BCUT2D eigenvalue weighted by atomic mass is 10.2. The average molecular weight is 379 g/mol. The topological polar surface area (TPSA) is 66.4 Å². The first-order valence-corrected chi connectivity index (χ1v) is 10.8. The van der Waals surface area contributed by atoms with Gasteiger partial charge >= 0.3 is 0 Å². The Bertz CT molecular complexity index is 685. The molecule has 136 valence electrons. The fourth-order valence-electron chi connectivity index (χ4n) is 2.24. The van der Waals surface area contributed by atoms with E-state index in [9.17, 15) is 4.21 Å². The van der Waals surface area contributed by atoms with Crippen molar-refractivity contribution in [2.45, 2.75) is 26.0 Å². The van der Waals surface area contributed by atoms with E-state index in [1.807, 2.05) is 43.5 Å². The van der Waals surface area contributed by atoms with E-state index in [1.54, 1.807) is 11.3 Å². The Balaban J connectivity index is 1.73. The molecule has 7 heteroatoms. The summed E-state index contributed by atoms with van der Waals surface area (Å²) in [6.45, 7) is 6.23. The molecular formula is C18H26N4OS2. The fourth-order valence-corrected chi connectivity index (χ4v) is 4.03. The minimum absolute atomic E-state index is 0.547. The van der Waals surface area contributed by atoms with Crippen LogP contribution in [0.1, 0.15) is 22.4 Å². The van der Waals surface area contributed by atoms with E-state index in [0.717, 1.165) is 36.0 Å². The summed E-state index contributed by atoms with van der Waals surface area (Å²) >= 11 is 1.72. The molecule has 1 heterocycles. The Kier molecular flexibility index (Phi) is 8.62. The minimum atomic E-state index is -0.895. The molecule has 0 aliphatic carbocycles. The fraction of sp³-hybridized carbons (Fsp3) is 0.444. The number of aliphatic imine (C=N–C) groups is 1. The molecule has 0 radical (unpaired) electrons. The van der Waals surface area contributed by atoms with Gasteiger partial charge < -0.3 is 10.6 Å². The third-order valence-corrected chi connectivity index (χ3v) is 5.67. The van der Waals surface area contributed by atoms with Crippen LogP contribution in [0.4, 0.5) is 0 Å². The Labute approximate surface area is 156 Å². The molecule has 1 unspecified atom stereocenters. The highest BCUT2D eigenvalue weighted by Gasteiger charge is 2.03. The highest BCUT2D eigenvalue weighted by atomic mass is 32.2. The summed E-state index contributed by atoms with van der Waals surface area (Å²) in [5, 5.41) is 7.66. The van der Waals surface area contributed by atoms with Gasteiger partial charge in [0.15, 0.2) is 5.96 Å². The lowest BCUT2D eigenvalue weighted by Gasteiger charge is -2.10. The Morgan fingerprint density at radius 2 is 2.08 bits per heavy atom. The standard InChI is InChI=1S/C18H26N4OS2/c1-3-19-18(20-10-9-17-22-13-15(2)24-17)21-11-12-25(23)14-16-7-5-4-6-8-16/h4-8,13H,3,9-12,14H2,1-2H3,(H2,19,20,21). The molecule has 2 rings (SSSR count). The number of nitrogens with one attached hydrogen (secondary N) is 2. The van der Waals surface area contributed by atoms with Gasteiger partial charge in [-0.25, -0.2) is 4.98 Å². The van der Waals surface area contributed by atoms with Gasteiger partial charge in [0.2, 0.25) is 0 Å². The molecule has 2 N–H and O–H groups in total. The quantitative estimate of drug-likeness (QED) is 0.520. The second-order valence-electron chi connectivity index (χ2n) is 5.58. The molecule has 1 aromatic heterocycles. The van der Waals surface area contributed by atoms with Crippen molar-refractivity contribution in [3.63, 3.8) is 0 Å². The van der Waals surface area contributed by atoms with Crippen LogP contribution in [0.5, 0.6) is 0 Å². The zero-order valence-electron chi connectivity index (χ0n) is 14.8. The number of thiazole rings is 1. The summed E-state index contributed by atoms with van der Waals surface area (Å²) in [5.41, 5.74) is 1.11. The molecule has 1 atom stereocenters. The molecule has 0 aliphatic rings. The first-order chi connectivity index (χ1) is 12.2. The molecule has 0 spiro atoms. The summed E-state index contributed by atoms with van der Waals surface area (Å²) in [6, 6.07) is 9.93. The van der Waals surface area contributed by atoms with Gasteiger partial charge in [0.25, 0.3) is 0 Å². The van der Waals surface area contributed by atoms with E-state index in [1.165, 1.54) is 4.88 Å². The minimum Gasteiger partial charge on any atom is -0.357 e. The number of aromatic nitrogens is 1. The van der Waals surface area contributed by atoms with Crippen LogP contribution in [0, 0.1) is 6.92 Å². The monoisotopic (exact) mass is 378 g/mol. The third kappa shape index (κ3) is 7.79. The lowest BCUT2D eigenvalue weighted by molar-refractivity contribution is 0.682. The molecule has 5 nitrogen and oxygen atoms in total. The predicted octanol–water partition coefficient (Wildman–Crippen LogP) is 2.50. The molecule has 0 amide bonds. The van der Waals surface area contributed by atoms with Crippen LogP contribution in [0.3, 0.4) is 0 Å². The van der Waals surface area contributed by atoms with E-state index in [0.29, 0.717) is 18.1 Å². The lowest BCUT2D eigenvalue weighted by Crippen LogP contribution is -2.38. The smallest absolute Gasteiger partial charge is 0.191 e. The van der Waals surface area contributed by atoms with Crippen LogP contribution < -0.4 is 10.6 Å². The summed E-state index contributed by atoms with van der Waals surface area (Å²) in [6.07, 6.45) is 2.78. The highest BCUT2D eigenvalue weighted by Crippen LogP contribution is 2.10. The maximum Gasteiger partial charge on any atom is 0.191 e. The number of hydrogen-bond donors (Lipinski definition) is 2. The van der Waals surface area contributed by atoms with Gasteiger partial charge in [0.05, 0.1) is 11.6 Å². The summed E-state index contributed by atoms with van der Waals surface area (Å²) in [7, 11) is -0.895. The van der Waals surface area contributed by atoms with E-state index >= 15 is 0 Å². The number of hydrogen-bond acceptors (Lipinski definition) is 4. The van der Waals surface area contributed by atoms with Crippen molar-refractivity contribution < 1.29 is 4.21 Å². The van der Waals surface area contributed by atoms with Gasteiger partial charge in [0.1, 0.15) is 0 Å². The molecule has 0 saturated carbocycles. The van der Waals surface area contributed by atoms with Crippen molar-refractivity contribution in [1.29, 1.82) is 0 Å². The average Bonchev–Trinajstić information content (AvgIpc) is 3.01. The second kappa shape index (κ2) is 11.0. The van der Waals surface area contributed by atoms with Gasteiger partial charge in [-0.1, -0.05) is 30.3 Å². The Morgan fingerprint density at radius 3 is 2.76 bits per heavy atom. The van der Waals surface area contributed by atoms with E-state index in [2.05, 4.69) is 27.5 Å². The summed E-state index contributed by atoms with van der Waals surface area (Å²) < 4.78 is 12.1. The van der Waals surface area contributed by atoms with Crippen molar-refractivity contribution in [3.05, 3.63) is 52.0 Å². The first-order valence-electron chi connectivity index (χ1n) is 8.49. The van der Waals surface area contributed by atoms with Gasteiger partial charge in [-0.15, -0.1) is 11.3 Å². The molecule has 0 bridgehead atoms. The van der Waals surface area contributed by atoms with Gasteiger partial charge in [0, 0.05) is 52.9 Å². The van der Waals surface area contributed by atoms with Crippen LogP contribution in [0.2, 0.25) is 0 Å². The molecular weight excluding hydrogens is 352 g/mol. The third-order valence-electron chi connectivity index (χ3n) is 3.40. The van der Waals surface area contributed by atoms with Crippen molar-refractivity contribution in [2.24, 2.45) is 4.99 Å². The summed E-state index contributed by atoms with van der Waals surface area (Å²) in [4.78, 5) is 10.1. The molecule has 0 saturated heterocycles. The number of guanidine groups is 1. The highest BCUT2D eigenvalue weighted by molar-refractivity contribution is 7.84. The van der Waals surface area contributed by atoms with Gasteiger partial charge in [-0.2, -0.15) is 0 Å². The number of benzene rings is 1. The largest absolute Gasteiger partial charge is 0.357 e. The van der Waals surface area contributed by atoms with Gasteiger partial charge in [-0.3, -0.25) is 9.20 Å². The van der Waals surface area contributed by atoms with E-state index < -0.39 is 10.8 Å². The maximum absolute atomic E-state index is 12.1. The Hall–Kier alpha value is -1.73. The second-order valence-corrected chi connectivity index (χ2v) is 8.47. The van der Waals surface area contributed by atoms with E-state index in [4.69, 9.17) is 0 Å². The molecule has 0 aliphatic heterocycles. The van der Waals surface area contributed by atoms with Crippen molar-refractivity contribution in [1.82, 2.24) is 15.6 Å². The van der Waals surface area contributed by atoms with Crippen molar-refractivity contribution in [3.8, 4) is 0 Å². The molecule has 0 fully saturated rings. The maximum atomic E-state index is 12.1. The number of aryl methyl sites for hydroxylation is 1. The van der Waals surface area contributed by atoms with Crippen LogP contribution in [-0.4, -0.2) is 40.5 Å². The predicted molar refractivity (Wildman–Crippen MR) is 108 cm³/mol. The van der Waals surface area contributed by atoms with Crippen LogP contribution in [-0.2, 0) is 23.0 Å². The molecule has 25 heavy (non-hydrogen) atoms. The zero-order valence-corrected chi connectivity index (χ0v) is 16.5.